The van der Waals surface area contributed by atoms with Gasteiger partial charge in [0.2, 0.25) is 0 Å². The summed E-state index contributed by atoms with van der Waals surface area (Å²) in [6, 6.07) is 17.1. The standard InChI is InChI=1S/C33H20O13/c34-27(11-6-17-4-2-1-3-5-17)20-12-21(45-32(43)25-14-18(28(35)36)7-9-23(25)30(39)40)16-22(13-20)46-33(44)26-15-19(29(37)38)8-10-24(26)31(41)42/h1-16H,(H,35,36)(H,37,38)(H,39,40)(H,41,42). The molecule has 0 spiro atoms. The molecule has 0 aliphatic carbocycles. The maximum absolute atomic E-state index is 13.1. The van der Waals surface area contributed by atoms with Crippen LogP contribution in [0, 0.1) is 0 Å². The fraction of sp³-hybridized carbons (Fsp3) is 0. The molecular formula is C33H20O13. The summed E-state index contributed by atoms with van der Waals surface area (Å²) >= 11 is 0. The Morgan fingerprint density at radius 2 is 0.935 bits per heavy atom. The van der Waals surface area contributed by atoms with Crippen molar-refractivity contribution in [3.63, 3.8) is 0 Å². The van der Waals surface area contributed by atoms with Crippen LogP contribution in [-0.4, -0.2) is 62.0 Å². The molecule has 0 aliphatic rings. The lowest BCUT2D eigenvalue weighted by Gasteiger charge is -2.12. The first kappa shape index (κ1) is 32.0. The van der Waals surface area contributed by atoms with E-state index in [0.717, 1.165) is 54.6 Å². The van der Waals surface area contributed by atoms with Crippen LogP contribution in [0.1, 0.15) is 78.1 Å². The first-order valence-corrected chi connectivity index (χ1v) is 12.9. The number of benzene rings is 4. The van der Waals surface area contributed by atoms with Crippen LogP contribution in [0.5, 0.6) is 11.5 Å². The number of allylic oxidation sites excluding steroid dienone is 1. The molecule has 4 aromatic rings. The molecule has 0 atom stereocenters. The Morgan fingerprint density at radius 3 is 1.35 bits per heavy atom. The number of carbonyl (C=O) groups is 7. The van der Waals surface area contributed by atoms with Crippen LogP contribution < -0.4 is 9.47 Å². The number of rotatable bonds is 11. The second-order valence-corrected chi connectivity index (χ2v) is 9.32. The molecule has 0 aliphatic heterocycles. The van der Waals surface area contributed by atoms with Gasteiger partial charge in [0.15, 0.2) is 5.78 Å². The van der Waals surface area contributed by atoms with Gasteiger partial charge < -0.3 is 29.9 Å². The molecule has 0 bridgehead atoms. The van der Waals surface area contributed by atoms with E-state index in [1.54, 1.807) is 30.3 Å². The highest BCUT2D eigenvalue weighted by molar-refractivity contribution is 6.09. The SMILES string of the molecule is O=C(O)c1ccc(C(=O)O)c(C(=O)Oc2cc(OC(=O)c3cc(C(=O)O)ccc3C(=O)O)cc(C(=O)C=Cc3ccccc3)c2)c1. The molecule has 13 heteroatoms. The lowest BCUT2D eigenvalue weighted by molar-refractivity contribution is 0.0659. The lowest BCUT2D eigenvalue weighted by atomic mass is 10.0. The first-order valence-electron chi connectivity index (χ1n) is 12.9. The van der Waals surface area contributed by atoms with E-state index in [0.29, 0.717) is 5.56 Å². The summed E-state index contributed by atoms with van der Waals surface area (Å²) in [7, 11) is 0. The van der Waals surface area contributed by atoms with Crippen LogP contribution in [0.25, 0.3) is 6.08 Å². The molecule has 0 saturated heterocycles. The van der Waals surface area contributed by atoms with E-state index in [-0.39, 0.29) is 5.56 Å². The van der Waals surface area contributed by atoms with Crippen LogP contribution in [0.3, 0.4) is 0 Å². The fourth-order valence-corrected chi connectivity index (χ4v) is 4.05. The van der Waals surface area contributed by atoms with Crippen molar-refractivity contribution < 1.29 is 63.5 Å². The minimum atomic E-state index is -1.56. The van der Waals surface area contributed by atoms with E-state index in [9.17, 15) is 54.0 Å². The van der Waals surface area contributed by atoms with Gasteiger partial charge in [-0.2, -0.15) is 0 Å². The minimum Gasteiger partial charge on any atom is -0.478 e. The first-order chi connectivity index (χ1) is 21.8. The largest absolute Gasteiger partial charge is 0.478 e. The van der Waals surface area contributed by atoms with Crippen molar-refractivity contribution in [2.24, 2.45) is 0 Å². The highest BCUT2D eigenvalue weighted by atomic mass is 16.5. The zero-order chi connectivity index (χ0) is 33.5. The summed E-state index contributed by atoms with van der Waals surface area (Å²) in [6.45, 7) is 0. The molecular weight excluding hydrogens is 604 g/mol. The zero-order valence-corrected chi connectivity index (χ0v) is 23.2. The molecule has 0 heterocycles. The van der Waals surface area contributed by atoms with E-state index in [1.165, 1.54) is 12.2 Å². The van der Waals surface area contributed by atoms with E-state index in [2.05, 4.69) is 0 Å². The third-order valence-corrected chi connectivity index (χ3v) is 6.25. The van der Waals surface area contributed by atoms with Crippen molar-refractivity contribution in [1.82, 2.24) is 0 Å². The fourth-order valence-electron chi connectivity index (χ4n) is 4.05. The highest BCUT2D eigenvalue weighted by Crippen LogP contribution is 2.27. The predicted octanol–water partition coefficient (Wildman–Crippen LogP) is 4.81. The molecule has 13 nitrogen and oxygen atoms in total. The number of aromatic carboxylic acids is 4. The molecule has 0 radical (unpaired) electrons. The van der Waals surface area contributed by atoms with Crippen LogP contribution in [0.2, 0.25) is 0 Å². The Morgan fingerprint density at radius 1 is 0.478 bits per heavy atom. The van der Waals surface area contributed by atoms with Gasteiger partial charge in [-0.3, -0.25) is 4.79 Å². The minimum absolute atomic E-state index is 0.198. The van der Waals surface area contributed by atoms with Crippen LogP contribution >= 0.6 is 0 Å². The molecule has 4 aromatic carbocycles. The molecule has 0 amide bonds. The van der Waals surface area contributed by atoms with Gasteiger partial charge in [-0.15, -0.1) is 0 Å². The van der Waals surface area contributed by atoms with Crippen molar-refractivity contribution in [3.8, 4) is 11.5 Å². The topological polar surface area (TPSA) is 219 Å². The van der Waals surface area contributed by atoms with Gasteiger partial charge in [0.05, 0.1) is 33.4 Å². The Balaban J connectivity index is 1.76. The Labute approximate surface area is 258 Å². The van der Waals surface area contributed by atoms with E-state index >= 15 is 0 Å². The van der Waals surface area contributed by atoms with E-state index in [4.69, 9.17) is 9.47 Å². The second-order valence-electron chi connectivity index (χ2n) is 9.32. The van der Waals surface area contributed by atoms with Crippen molar-refractivity contribution in [2.75, 3.05) is 0 Å². The number of hydrogen-bond donors (Lipinski definition) is 4. The number of ether oxygens (including phenoxy) is 2. The van der Waals surface area contributed by atoms with E-state index < -0.39 is 86.5 Å². The molecule has 0 saturated carbocycles. The number of carboxylic acids is 4. The van der Waals surface area contributed by atoms with Crippen molar-refractivity contribution >= 4 is 47.7 Å². The summed E-state index contributed by atoms with van der Waals surface area (Å²) in [5.41, 5.74) is -2.82. The van der Waals surface area contributed by atoms with Gasteiger partial charge in [-0.25, -0.2) is 28.8 Å². The number of esters is 2. The normalized spacial score (nSPS) is 10.6. The van der Waals surface area contributed by atoms with Crippen LogP contribution in [0.4, 0.5) is 0 Å². The predicted molar refractivity (Wildman–Crippen MR) is 157 cm³/mol. The summed E-state index contributed by atoms with van der Waals surface area (Å²) < 4.78 is 10.6. The van der Waals surface area contributed by atoms with Gasteiger partial charge in [-0.1, -0.05) is 36.4 Å². The summed E-state index contributed by atoms with van der Waals surface area (Å²) in [6.07, 6.45) is 2.64. The third-order valence-electron chi connectivity index (χ3n) is 6.25. The molecule has 0 fully saturated rings. The number of carbonyl (C=O) groups excluding carboxylic acids is 3. The second kappa shape index (κ2) is 13.6. The Hall–Kier alpha value is -6.89. The average molecular weight is 625 g/mol. The van der Waals surface area contributed by atoms with Crippen LogP contribution in [-0.2, 0) is 0 Å². The van der Waals surface area contributed by atoms with Gasteiger partial charge >= 0.3 is 35.8 Å². The molecule has 4 rings (SSSR count). The summed E-state index contributed by atoms with van der Waals surface area (Å²) in [5, 5.41) is 37.6. The van der Waals surface area contributed by atoms with Crippen molar-refractivity contribution in [2.45, 2.75) is 0 Å². The maximum atomic E-state index is 13.1. The third kappa shape index (κ3) is 7.54. The van der Waals surface area contributed by atoms with Crippen molar-refractivity contribution in [1.29, 1.82) is 0 Å². The van der Waals surface area contributed by atoms with Crippen molar-refractivity contribution in [3.05, 3.63) is 136 Å². The summed E-state index contributed by atoms with van der Waals surface area (Å²) in [4.78, 5) is 85.5. The monoisotopic (exact) mass is 624 g/mol. The molecule has 0 aromatic heterocycles. The summed E-state index contributed by atoms with van der Waals surface area (Å²) in [5.74, 6) is -10.2. The molecule has 46 heavy (non-hydrogen) atoms. The van der Waals surface area contributed by atoms with Crippen LogP contribution in [0.15, 0.2) is 91.0 Å². The Kier molecular flexibility index (Phi) is 9.47. The van der Waals surface area contributed by atoms with Gasteiger partial charge in [0.1, 0.15) is 11.5 Å². The van der Waals surface area contributed by atoms with Gasteiger partial charge in [0, 0.05) is 11.6 Å². The average Bonchev–Trinajstić information content (AvgIpc) is 3.03. The number of ketones is 1. The molecule has 4 N–H and O–H groups in total. The van der Waals surface area contributed by atoms with Gasteiger partial charge in [0.25, 0.3) is 0 Å². The Bertz CT molecular complexity index is 1850. The smallest absolute Gasteiger partial charge is 0.344 e. The zero-order valence-electron chi connectivity index (χ0n) is 23.2. The molecule has 0 unspecified atom stereocenters. The maximum Gasteiger partial charge on any atom is 0.344 e. The quantitative estimate of drug-likeness (QED) is 0.0762. The lowest BCUT2D eigenvalue weighted by Crippen LogP contribution is -2.17. The number of hydrogen-bond acceptors (Lipinski definition) is 9. The van der Waals surface area contributed by atoms with Gasteiger partial charge in [-0.05, 0) is 60.2 Å². The highest BCUT2D eigenvalue weighted by Gasteiger charge is 2.24. The van der Waals surface area contributed by atoms with E-state index in [1.807, 2.05) is 0 Å². The molecule has 230 valence electrons. The number of carboxylic acid groups (broad SMARTS) is 4.